The maximum atomic E-state index is 14.5. The second-order valence-electron chi connectivity index (χ2n) is 21.9. The fourth-order valence-corrected chi connectivity index (χ4v) is 9.88. The zero-order valence-corrected chi connectivity index (χ0v) is 48.8. The number of ether oxygens (including phenoxy) is 3. The third-order valence-corrected chi connectivity index (χ3v) is 14.8. The van der Waals surface area contributed by atoms with Crippen molar-refractivity contribution in [1.29, 1.82) is 0 Å². The van der Waals surface area contributed by atoms with Gasteiger partial charge in [0.15, 0.2) is 0 Å². The van der Waals surface area contributed by atoms with E-state index in [1.54, 1.807) is 53.9 Å². The number of likely N-dealkylation sites (tertiary alicyclic amines) is 1. The average Bonchev–Trinajstić information content (AvgIpc) is 4.10. The van der Waals surface area contributed by atoms with E-state index >= 15 is 0 Å². The molecule has 80 heavy (non-hydrogen) atoms. The van der Waals surface area contributed by atoms with Gasteiger partial charge in [0.25, 0.3) is 0 Å². The van der Waals surface area contributed by atoms with Gasteiger partial charge in [0, 0.05) is 76.0 Å². The van der Waals surface area contributed by atoms with E-state index in [2.05, 4.69) is 32.3 Å². The van der Waals surface area contributed by atoms with Crippen molar-refractivity contribution >= 4 is 41.2 Å². The molecule has 1 aliphatic heterocycles. The first-order valence-electron chi connectivity index (χ1n) is 27.8. The van der Waals surface area contributed by atoms with Gasteiger partial charge in [-0.05, 0) is 138 Å². The van der Waals surface area contributed by atoms with Gasteiger partial charge in [-0.1, -0.05) is 73.1 Å². The summed E-state index contributed by atoms with van der Waals surface area (Å²) in [5.41, 5.74) is 4.78. The second kappa shape index (κ2) is 30.2. The molecule has 0 aliphatic carbocycles. The number of amides is 4. The number of alkyl halides is 1. The van der Waals surface area contributed by atoms with E-state index in [4.69, 9.17) is 30.8 Å². The molecule has 1 aromatic heterocycles. The Labute approximate surface area is 477 Å². The van der Waals surface area contributed by atoms with Gasteiger partial charge in [-0.15, -0.1) is 0 Å². The van der Waals surface area contributed by atoms with Crippen LogP contribution in [0.15, 0.2) is 103 Å². The summed E-state index contributed by atoms with van der Waals surface area (Å²) in [6.45, 7) is 11.4. The summed E-state index contributed by atoms with van der Waals surface area (Å²) in [6.07, 6.45) is 5.24. The Bertz CT molecular complexity index is 2800. The molecule has 1 saturated heterocycles. The number of carbonyl (C=O) groups excluding carboxylic acids is 5. The van der Waals surface area contributed by atoms with Gasteiger partial charge in [-0.2, -0.15) is 0 Å². The average molecular weight is 1120 g/mol. The molecule has 0 spiro atoms. The van der Waals surface area contributed by atoms with Crippen LogP contribution in [0.3, 0.4) is 0 Å². The molecule has 18 heteroatoms. The minimum atomic E-state index is -1.20. The SMILES string of the molecule is CCc1ccc(CN[C@H](CCF)C(=O)N[C@H](COC)C(=O)N(C)[C@@H](CC(=O)NC[C@@H](C)N(C)C(=O)[C@@H](CC(=O)OC(C)(C)C)Cc2ccccc2)Cc2ccc(Cl)cc2)c(Oc2ccc(-c3cnc(CN4CCCC4)n3C)cc2)c1. The van der Waals surface area contributed by atoms with E-state index in [0.717, 1.165) is 65.4 Å². The van der Waals surface area contributed by atoms with Crippen molar-refractivity contribution in [3.63, 3.8) is 0 Å². The van der Waals surface area contributed by atoms with Crippen LogP contribution in [0.25, 0.3) is 11.3 Å². The normalized spacial score (nSPS) is 14.6. The highest BCUT2D eigenvalue weighted by Crippen LogP contribution is 2.30. The van der Waals surface area contributed by atoms with Gasteiger partial charge in [-0.25, -0.2) is 4.98 Å². The van der Waals surface area contributed by atoms with E-state index in [-0.39, 0.29) is 57.2 Å². The Morgan fingerprint density at radius 2 is 1.51 bits per heavy atom. The van der Waals surface area contributed by atoms with Gasteiger partial charge in [0.2, 0.25) is 23.6 Å². The number of esters is 1. The van der Waals surface area contributed by atoms with Crippen molar-refractivity contribution in [2.24, 2.45) is 13.0 Å². The quantitative estimate of drug-likeness (QED) is 0.0391. The molecule has 16 nitrogen and oxygen atoms in total. The number of likely N-dealkylation sites (N-methyl/N-ethyl adjacent to an activating group) is 2. The van der Waals surface area contributed by atoms with Crippen molar-refractivity contribution in [3.8, 4) is 22.8 Å². The highest BCUT2D eigenvalue weighted by molar-refractivity contribution is 6.30. The van der Waals surface area contributed by atoms with Crippen molar-refractivity contribution < 1.29 is 42.6 Å². The van der Waals surface area contributed by atoms with Crippen LogP contribution in [0.1, 0.15) is 94.8 Å². The Hall–Kier alpha value is -6.66. The maximum Gasteiger partial charge on any atom is 0.307 e. The Kier molecular flexibility index (Phi) is 23.6. The number of methoxy groups -OCH3 is 1. The number of halogens is 2. The van der Waals surface area contributed by atoms with Crippen LogP contribution >= 0.6 is 11.6 Å². The first kappa shape index (κ1) is 62.5. The van der Waals surface area contributed by atoms with E-state index in [1.165, 1.54) is 29.8 Å². The van der Waals surface area contributed by atoms with Gasteiger partial charge in [-0.3, -0.25) is 33.3 Å². The lowest BCUT2D eigenvalue weighted by Crippen LogP contribution is -2.56. The van der Waals surface area contributed by atoms with Crippen LogP contribution < -0.4 is 20.7 Å². The first-order valence-corrected chi connectivity index (χ1v) is 28.1. The fourth-order valence-electron chi connectivity index (χ4n) is 9.75. The molecule has 432 valence electrons. The molecule has 4 aromatic carbocycles. The largest absolute Gasteiger partial charge is 0.460 e. The second-order valence-corrected chi connectivity index (χ2v) is 22.3. The van der Waals surface area contributed by atoms with Gasteiger partial charge in [0.1, 0.15) is 29.0 Å². The smallest absolute Gasteiger partial charge is 0.307 e. The predicted molar refractivity (Wildman–Crippen MR) is 310 cm³/mol. The lowest BCUT2D eigenvalue weighted by Gasteiger charge is -2.32. The zero-order chi connectivity index (χ0) is 57.9. The van der Waals surface area contributed by atoms with Crippen LogP contribution in [0.4, 0.5) is 4.39 Å². The Balaban J connectivity index is 1.10. The number of nitrogens with one attached hydrogen (secondary N) is 3. The highest BCUT2D eigenvalue weighted by atomic mass is 35.5. The van der Waals surface area contributed by atoms with Crippen molar-refractivity contribution in [1.82, 2.24) is 40.2 Å². The highest BCUT2D eigenvalue weighted by Gasteiger charge is 2.33. The predicted octanol–water partition coefficient (Wildman–Crippen LogP) is 8.65. The summed E-state index contributed by atoms with van der Waals surface area (Å²) in [5.74, 6) is -0.755. The fraction of sp³-hybridized carbons (Fsp3) is 0.484. The summed E-state index contributed by atoms with van der Waals surface area (Å²) in [5, 5.41) is 9.50. The molecule has 6 rings (SSSR count). The first-order chi connectivity index (χ1) is 38.2. The molecule has 5 aromatic rings. The molecule has 1 fully saturated rings. The number of nitrogens with zero attached hydrogens (tertiary/aromatic N) is 5. The van der Waals surface area contributed by atoms with E-state index in [0.29, 0.717) is 22.9 Å². The molecular weight excluding hydrogens is 1040 g/mol. The molecule has 0 bridgehead atoms. The molecule has 0 unspecified atom stereocenters. The van der Waals surface area contributed by atoms with Gasteiger partial charge < -0.3 is 44.5 Å². The van der Waals surface area contributed by atoms with Crippen molar-refractivity contribution in [3.05, 3.63) is 136 Å². The topological polar surface area (TPSA) is 177 Å². The zero-order valence-electron chi connectivity index (χ0n) is 48.1. The van der Waals surface area contributed by atoms with E-state index < -0.39 is 60.1 Å². The lowest BCUT2D eigenvalue weighted by molar-refractivity contribution is -0.158. The van der Waals surface area contributed by atoms with Crippen molar-refractivity contribution in [2.75, 3.05) is 54.1 Å². The Morgan fingerprint density at radius 3 is 2.16 bits per heavy atom. The summed E-state index contributed by atoms with van der Waals surface area (Å²) in [7, 11) is 6.66. The Morgan fingerprint density at radius 1 is 0.838 bits per heavy atom. The molecule has 0 radical (unpaired) electrons. The van der Waals surface area contributed by atoms with Crippen LogP contribution in [-0.4, -0.2) is 138 Å². The number of aromatic nitrogens is 2. The maximum absolute atomic E-state index is 14.5. The number of aryl methyl sites for hydroxylation is 1. The van der Waals surface area contributed by atoms with Gasteiger partial charge in [0.05, 0.1) is 50.1 Å². The molecular formula is C62H82ClFN8O8. The number of hydrogen-bond acceptors (Lipinski definition) is 11. The van der Waals surface area contributed by atoms with Gasteiger partial charge >= 0.3 is 5.97 Å². The standard InChI is InChI=1S/C62H82ClFN8O8/c1-10-43-18-21-47(55(34-43)79-51-26-22-46(23-27-51)54-39-66-56(71(54)8)40-72-30-14-15-31-72)38-65-52(28-29-64)59(75)68-53(41-78-9)61(77)70(7)50(33-45-19-24-49(63)25-20-45)36-57(73)67-37-42(2)69(6)60(76)48(32-44-16-12-11-13-17-44)35-58(74)80-62(3,4)5/h11-13,16-27,34,39,42,48,50,52-53,65H,10,14-15,28-33,35-38,40-41H2,1-9H3,(H,67,73)(H,68,75)/t42-,48-,50-,52-,53-/m1/s1. The molecule has 2 heterocycles. The molecule has 0 saturated carbocycles. The third kappa shape index (κ3) is 18.7. The van der Waals surface area contributed by atoms with Crippen LogP contribution in [-0.2, 0) is 72.8 Å². The number of carbonyl (C=O) groups is 5. The molecule has 4 amide bonds. The minimum Gasteiger partial charge on any atom is -0.460 e. The van der Waals surface area contributed by atoms with E-state index in [9.17, 15) is 28.4 Å². The van der Waals surface area contributed by atoms with Crippen LogP contribution in [0.2, 0.25) is 5.02 Å². The van der Waals surface area contributed by atoms with Crippen LogP contribution in [0.5, 0.6) is 11.5 Å². The number of imidazole rings is 1. The monoisotopic (exact) mass is 1120 g/mol. The number of hydrogen-bond donors (Lipinski definition) is 3. The van der Waals surface area contributed by atoms with E-state index in [1.807, 2.05) is 98.2 Å². The minimum absolute atomic E-state index is 0.0816. The molecule has 3 N–H and O–H groups in total. The molecule has 1 aliphatic rings. The van der Waals surface area contributed by atoms with Crippen molar-refractivity contribution in [2.45, 2.75) is 129 Å². The third-order valence-electron chi connectivity index (χ3n) is 14.6. The summed E-state index contributed by atoms with van der Waals surface area (Å²) >= 11 is 6.23. The molecule has 5 atom stereocenters. The number of rotatable bonds is 29. The lowest BCUT2D eigenvalue weighted by atomic mass is 9.94. The number of benzene rings is 4. The van der Waals surface area contributed by atoms with Crippen LogP contribution in [0, 0.1) is 5.92 Å². The summed E-state index contributed by atoms with van der Waals surface area (Å²) in [4.78, 5) is 79.7. The summed E-state index contributed by atoms with van der Waals surface area (Å²) in [6, 6.07) is 26.8. The summed E-state index contributed by atoms with van der Waals surface area (Å²) < 4.78 is 34.0.